The van der Waals surface area contributed by atoms with E-state index in [1.165, 1.54) is 0 Å². The average Bonchev–Trinajstić information content (AvgIpc) is 2.62. The van der Waals surface area contributed by atoms with Crippen LogP contribution in [-0.4, -0.2) is 54.3 Å². The third-order valence-electron chi connectivity index (χ3n) is 4.71. The summed E-state index contributed by atoms with van der Waals surface area (Å²) in [6, 6.07) is 9.92. The van der Waals surface area contributed by atoms with Gasteiger partial charge in [-0.1, -0.05) is 30.3 Å². The third kappa shape index (κ3) is 5.34. The lowest BCUT2D eigenvalue weighted by atomic mass is 9.95. The van der Waals surface area contributed by atoms with Gasteiger partial charge in [0.2, 0.25) is 11.8 Å². The van der Waals surface area contributed by atoms with Crippen LogP contribution < -0.4 is 5.32 Å². The van der Waals surface area contributed by atoms with Gasteiger partial charge in [0.05, 0.1) is 6.54 Å². The average molecular weight is 331 g/mol. The van der Waals surface area contributed by atoms with E-state index in [2.05, 4.69) is 10.2 Å². The van der Waals surface area contributed by atoms with Crippen molar-refractivity contribution in [1.82, 2.24) is 15.1 Å². The molecule has 2 amide bonds. The molecule has 2 rings (SSSR count). The molecule has 1 heterocycles. The second-order valence-corrected chi connectivity index (χ2v) is 6.32. The highest BCUT2D eigenvalue weighted by molar-refractivity contribution is 5.79. The zero-order valence-corrected chi connectivity index (χ0v) is 14.8. The van der Waals surface area contributed by atoms with E-state index in [-0.39, 0.29) is 17.7 Å². The molecule has 1 fully saturated rings. The maximum atomic E-state index is 12.4. The fourth-order valence-electron chi connectivity index (χ4n) is 3.19. The molecule has 1 aromatic rings. The van der Waals surface area contributed by atoms with Gasteiger partial charge < -0.3 is 10.2 Å². The first kappa shape index (κ1) is 18.5. The number of rotatable bonds is 7. The largest absolute Gasteiger partial charge is 0.351 e. The van der Waals surface area contributed by atoms with E-state index in [1.54, 1.807) is 0 Å². The van der Waals surface area contributed by atoms with Crippen LogP contribution in [0.2, 0.25) is 0 Å². The molecule has 24 heavy (non-hydrogen) atoms. The minimum absolute atomic E-state index is 0.0485. The Hall–Kier alpha value is -1.88. The fourth-order valence-corrected chi connectivity index (χ4v) is 3.19. The molecule has 0 aromatic heterocycles. The summed E-state index contributed by atoms with van der Waals surface area (Å²) >= 11 is 0. The van der Waals surface area contributed by atoms with Crippen molar-refractivity contribution < 1.29 is 9.59 Å². The molecule has 0 atom stereocenters. The molecule has 1 aliphatic rings. The van der Waals surface area contributed by atoms with Gasteiger partial charge in [0.1, 0.15) is 0 Å². The summed E-state index contributed by atoms with van der Waals surface area (Å²) in [6.07, 6.45) is 1.70. The molecular weight excluding hydrogens is 302 g/mol. The van der Waals surface area contributed by atoms with Gasteiger partial charge in [0, 0.05) is 25.6 Å². The second-order valence-electron chi connectivity index (χ2n) is 6.32. The maximum Gasteiger partial charge on any atom is 0.234 e. The lowest BCUT2D eigenvalue weighted by Crippen LogP contribution is -2.45. The highest BCUT2D eigenvalue weighted by Gasteiger charge is 2.28. The molecule has 132 valence electrons. The maximum absolute atomic E-state index is 12.4. The summed E-state index contributed by atoms with van der Waals surface area (Å²) in [5.41, 5.74) is 1.11. The van der Waals surface area contributed by atoms with Crippen LogP contribution in [0.1, 0.15) is 32.3 Å². The molecule has 1 saturated heterocycles. The van der Waals surface area contributed by atoms with Gasteiger partial charge in [0.15, 0.2) is 0 Å². The van der Waals surface area contributed by atoms with E-state index in [0.29, 0.717) is 13.1 Å². The summed E-state index contributed by atoms with van der Waals surface area (Å²) < 4.78 is 0. The van der Waals surface area contributed by atoms with Crippen LogP contribution in [0.15, 0.2) is 30.3 Å². The highest BCUT2D eigenvalue weighted by atomic mass is 16.2. The number of carbonyl (C=O) groups is 2. The van der Waals surface area contributed by atoms with Crippen molar-refractivity contribution in [2.24, 2.45) is 5.92 Å². The van der Waals surface area contributed by atoms with E-state index in [4.69, 9.17) is 0 Å². The molecule has 0 saturated carbocycles. The van der Waals surface area contributed by atoms with E-state index in [1.807, 2.05) is 49.1 Å². The Kier molecular flexibility index (Phi) is 7.25. The van der Waals surface area contributed by atoms with Gasteiger partial charge in [-0.05, 0) is 45.3 Å². The van der Waals surface area contributed by atoms with Crippen LogP contribution in [-0.2, 0) is 16.1 Å². The van der Waals surface area contributed by atoms with Crippen molar-refractivity contribution in [3.63, 3.8) is 0 Å². The van der Waals surface area contributed by atoms with E-state index >= 15 is 0 Å². The van der Waals surface area contributed by atoms with Crippen LogP contribution in [0.5, 0.6) is 0 Å². The van der Waals surface area contributed by atoms with Gasteiger partial charge in [-0.15, -0.1) is 0 Å². The molecular formula is C19H29N3O2. The number of piperidine rings is 1. The number of carbonyl (C=O) groups excluding carboxylic acids is 2. The summed E-state index contributed by atoms with van der Waals surface area (Å²) in [5.74, 6) is 0.439. The Morgan fingerprint density at radius 3 is 2.33 bits per heavy atom. The van der Waals surface area contributed by atoms with Gasteiger partial charge >= 0.3 is 0 Å². The van der Waals surface area contributed by atoms with Crippen LogP contribution in [0.25, 0.3) is 0 Å². The lowest BCUT2D eigenvalue weighted by Gasteiger charge is -2.33. The highest BCUT2D eigenvalue weighted by Crippen LogP contribution is 2.19. The SMILES string of the molecule is CCN(CC)C(=O)C1CCN(CC(=O)NCc2ccccc2)CC1. The van der Waals surface area contributed by atoms with E-state index in [9.17, 15) is 9.59 Å². The molecule has 0 spiro atoms. The van der Waals surface area contributed by atoms with E-state index < -0.39 is 0 Å². The Morgan fingerprint density at radius 2 is 1.75 bits per heavy atom. The minimum Gasteiger partial charge on any atom is -0.351 e. The molecule has 0 unspecified atom stereocenters. The van der Waals surface area contributed by atoms with Gasteiger partial charge in [-0.3, -0.25) is 14.5 Å². The van der Waals surface area contributed by atoms with Crippen molar-refractivity contribution in [3.05, 3.63) is 35.9 Å². The molecule has 1 aromatic carbocycles. The quantitative estimate of drug-likeness (QED) is 0.830. The summed E-state index contributed by atoms with van der Waals surface area (Å²) in [5, 5.41) is 2.96. The summed E-state index contributed by atoms with van der Waals surface area (Å²) in [4.78, 5) is 28.5. The first-order valence-electron chi connectivity index (χ1n) is 8.95. The van der Waals surface area contributed by atoms with Crippen molar-refractivity contribution in [2.75, 3.05) is 32.7 Å². The summed E-state index contributed by atoms with van der Waals surface area (Å²) in [6.45, 7) is 8.21. The Morgan fingerprint density at radius 1 is 1.12 bits per heavy atom. The number of amides is 2. The van der Waals surface area contributed by atoms with Crippen LogP contribution in [0.4, 0.5) is 0 Å². The fraction of sp³-hybridized carbons (Fsp3) is 0.579. The molecule has 1 aliphatic heterocycles. The smallest absolute Gasteiger partial charge is 0.234 e. The van der Waals surface area contributed by atoms with Crippen molar-refractivity contribution in [3.8, 4) is 0 Å². The number of hydrogen-bond donors (Lipinski definition) is 1. The van der Waals surface area contributed by atoms with Crippen LogP contribution in [0.3, 0.4) is 0 Å². The first-order valence-corrected chi connectivity index (χ1v) is 8.95. The van der Waals surface area contributed by atoms with Crippen LogP contribution >= 0.6 is 0 Å². The predicted octanol–water partition coefficient (Wildman–Crippen LogP) is 1.88. The lowest BCUT2D eigenvalue weighted by molar-refractivity contribution is -0.136. The molecule has 5 nitrogen and oxygen atoms in total. The topological polar surface area (TPSA) is 52.7 Å². The second kappa shape index (κ2) is 9.42. The van der Waals surface area contributed by atoms with Gasteiger partial charge in [-0.25, -0.2) is 0 Å². The predicted molar refractivity (Wildman–Crippen MR) is 95.4 cm³/mol. The Balaban J connectivity index is 1.70. The molecule has 0 bridgehead atoms. The normalized spacial score (nSPS) is 15.9. The van der Waals surface area contributed by atoms with Crippen molar-refractivity contribution in [2.45, 2.75) is 33.2 Å². The zero-order chi connectivity index (χ0) is 17.4. The molecule has 5 heteroatoms. The van der Waals surface area contributed by atoms with Crippen molar-refractivity contribution >= 4 is 11.8 Å². The number of nitrogens with zero attached hydrogens (tertiary/aromatic N) is 2. The molecule has 0 radical (unpaired) electrons. The monoisotopic (exact) mass is 331 g/mol. The standard InChI is InChI=1S/C19H29N3O2/c1-3-22(4-2)19(24)17-10-12-21(13-11-17)15-18(23)20-14-16-8-6-5-7-9-16/h5-9,17H,3-4,10-15H2,1-2H3,(H,20,23). The molecule has 1 N–H and O–H groups in total. The third-order valence-corrected chi connectivity index (χ3v) is 4.71. The number of likely N-dealkylation sites (tertiary alicyclic amines) is 1. The van der Waals surface area contributed by atoms with Gasteiger partial charge in [0.25, 0.3) is 0 Å². The molecule has 0 aliphatic carbocycles. The number of hydrogen-bond acceptors (Lipinski definition) is 3. The summed E-state index contributed by atoms with van der Waals surface area (Å²) in [7, 11) is 0. The first-order chi connectivity index (χ1) is 11.6. The minimum atomic E-state index is 0.0485. The number of benzene rings is 1. The number of nitrogens with one attached hydrogen (secondary N) is 1. The van der Waals surface area contributed by atoms with E-state index in [0.717, 1.165) is 44.6 Å². The zero-order valence-electron chi connectivity index (χ0n) is 14.8. The van der Waals surface area contributed by atoms with Gasteiger partial charge in [-0.2, -0.15) is 0 Å². The Labute approximate surface area is 145 Å². The van der Waals surface area contributed by atoms with Crippen molar-refractivity contribution in [1.29, 1.82) is 0 Å². The Bertz CT molecular complexity index is 521. The van der Waals surface area contributed by atoms with Crippen LogP contribution in [0, 0.1) is 5.92 Å².